The Labute approximate surface area is 183 Å². The molecule has 1 unspecified atom stereocenters. The van der Waals surface area contributed by atoms with E-state index in [1.54, 1.807) is 24.4 Å². The van der Waals surface area contributed by atoms with Crippen molar-refractivity contribution in [1.29, 1.82) is 5.26 Å². The van der Waals surface area contributed by atoms with Crippen molar-refractivity contribution in [2.75, 3.05) is 6.54 Å². The maximum atomic E-state index is 13.1. The summed E-state index contributed by atoms with van der Waals surface area (Å²) in [5.41, 5.74) is 1.54. The summed E-state index contributed by atoms with van der Waals surface area (Å²) in [5.74, 6) is -0.553. The van der Waals surface area contributed by atoms with E-state index < -0.39 is 22.0 Å². The summed E-state index contributed by atoms with van der Waals surface area (Å²) in [5, 5.41) is 14.8. The van der Waals surface area contributed by atoms with Gasteiger partial charge in [0.15, 0.2) is 0 Å². The minimum atomic E-state index is -4.00. The third-order valence-electron chi connectivity index (χ3n) is 4.83. The molecule has 1 atom stereocenters. The highest BCUT2D eigenvalue weighted by Crippen LogP contribution is 2.27. The number of fused-ring (bicyclic) bond motifs is 2. The monoisotopic (exact) mass is 450 g/mol. The van der Waals surface area contributed by atoms with Gasteiger partial charge < -0.3 is 5.32 Å². The summed E-state index contributed by atoms with van der Waals surface area (Å²) in [4.78, 5) is 16.9. The summed E-state index contributed by atoms with van der Waals surface area (Å²) in [6.07, 6.45) is 1.80. The lowest BCUT2D eigenvalue weighted by molar-refractivity contribution is -0.122. The molecule has 0 aliphatic heterocycles. The van der Waals surface area contributed by atoms with E-state index in [1.165, 1.54) is 23.5 Å². The Morgan fingerprint density at radius 3 is 2.84 bits per heavy atom. The number of hydrogen-bond donors (Lipinski definition) is 2. The average molecular weight is 451 g/mol. The first-order valence-corrected chi connectivity index (χ1v) is 11.8. The quantitative estimate of drug-likeness (QED) is 0.421. The van der Waals surface area contributed by atoms with Crippen molar-refractivity contribution in [3.8, 4) is 6.07 Å². The first-order chi connectivity index (χ1) is 15.0. The van der Waals surface area contributed by atoms with Crippen LogP contribution in [0.15, 0.2) is 71.1 Å². The summed E-state index contributed by atoms with van der Waals surface area (Å²) in [6, 6.07) is 16.6. The van der Waals surface area contributed by atoms with Crippen LogP contribution in [0.4, 0.5) is 0 Å². The lowest BCUT2D eigenvalue weighted by Gasteiger charge is -2.18. The van der Waals surface area contributed by atoms with E-state index in [2.05, 4.69) is 15.0 Å². The highest BCUT2D eigenvalue weighted by molar-refractivity contribution is 7.89. The Hall–Kier alpha value is -3.32. The van der Waals surface area contributed by atoms with Crippen LogP contribution in [0.5, 0.6) is 0 Å². The predicted molar refractivity (Wildman–Crippen MR) is 120 cm³/mol. The molecule has 0 saturated carbocycles. The topological polar surface area (TPSA) is 112 Å². The number of nitriles is 1. The average Bonchev–Trinajstić information content (AvgIpc) is 3.19. The molecule has 156 valence electrons. The van der Waals surface area contributed by atoms with Gasteiger partial charge in [0.05, 0.1) is 16.5 Å². The van der Waals surface area contributed by atoms with Gasteiger partial charge in [-0.2, -0.15) is 9.98 Å². The normalized spacial score (nSPS) is 12.5. The van der Waals surface area contributed by atoms with Gasteiger partial charge in [0.2, 0.25) is 15.9 Å². The van der Waals surface area contributed by atoms with Crippen molar-refractivity contribution in [2.45, 2.75) is 17.4 Å². The molecule has 0 radical (unpaired) electrons. The highest BCUT2D eigenvalue weighted by Gasteiger charge is 2.27. The first-order valence-electron chi connectivity index (χ1n) is 9.45. The maximum absolute atomic E-state index is 13.1. The van der Waals surface area contributed by atoms with Crippen molar-refractivity contribution in [3.05, 3.63) is 71.7 Å². The SMILES string of the molecule is N#CCNC(=O)C(Cc1csc2ccccc12)NS(=O)(=O)c1ccc2ncccc2c1. The third kappa shape index (κ3) is 4.56. The third-order valence-corrected chi connectivity index (χ3v) is 7.31. The van der Waals surface area contributed by atoms with Crippen LogP contribution in [0.1, 0.15) is 5.56 Å². The van der Waals surface area contributed by atoms with Gasteiger partial charge in [-0.3, -0.25) is 9.78 Å². The van der Waals surface area contributed by atoms with Crippen LogP contribution in [0.25, 0.3) is 21.0 Å². The van der Waals surface area contributed by atoms with Crippen LogP contribution < -0.4 is 10.0 Å². The molecular weight excluding hydrogens is 432 g/mol. The molecule has 0 fully saturated rings. The molecular formula is C22H18N4O3S2. The molecule has 0 bridgehead atoms. The lowest BCUT2D eigenvalue weighted by Crippen LogP contribution is -2.48. The zero-order valence-corrected chi connectivity index (χ0v) is 17.9. The number of sulfonamides is 1. The Bertz CT molecular complexity index is 1410. The number of carbonyl (C=O) groups excluding carboxylic acids is 1. The van der Waals surface area contributed by atoms with Gasteiger partial charge in [0.25, 0.3) is 0 Å². The van der Waals surface area contributed by atoms with Crippen LogP contribution in [-0.2, 0) is 21.2 Å². The number of amides is 1. The molecule has 4 rings (SSSR count). The van der Waals surface area contributed by atoms with Crippen LogP contribution in [-0.4, -0.2) is 31.9 Å². The van der Waals surface area contributed by atoms with Crippen molar-refractivity contribution in [3.63, 3.8) is 0 Å². The van der Waals surface area contributed by atoms with Crippen molar-refractivity contribution in [2.24, 2.45) is 0 Å². The van der Waals surface area contributed by atoms with Crippen LogP contribution in [0, 0.1) is 11.3 Å². The number of benzene rings is 2. The molecule has 2 aromatic carbocycles. The molecule has 4 aromatic rings. The first kappa shape index (κ1) is 20.9. The maximum Gasteiger partial charge on any atom is 0.241 e. The van der Waals surface area contributed by atoms with E-state index in [1.807, 2.05) is 35.7 Å². The van der Waals surface area contributed by atoms with Crippen LogP contribution >= 0.6 is 11.3 Å². The standard InChI is InChI=1S/C22H18N4O3S2/c23-9-11-25-22(27)20(13-16-14-30-21-6-2-1-5-18(16)21)26-31(28,29)17-7-8-19-15(12-17)4-3-10-24-19/h1-8,10,12,14,20,26H,11,13H2,(H,25,27). The van der Waals surface area contributed by atoms with Gasteiger partial charge in [-0.05, 0) is 53.1 Å². The second kappa shape index (κ2) is 8.81. The fraction of sp³-hybridized carbons (Fsp3) is 0.136. The lowest BCUT2D eigenvalue weighted by atomic mass is 10.1. The molecule has 0 spiro atoms. The molecule has 31 heavy (non-hydrogen) atoms. The van der Waals surface area contributed by atoms with E-state index in [-0.39, 0.29) is 17.9 Å². The number of nitrogens with zero attached hydrogens (tertiary/aromatic N) is 2. The van der Waals surface area contributed by atoms with Gasteiger partial charge in [0, 0.05) is 16.3 Å². The summed E-state index contributed by atoms with van der Waals surface area (Å²) >= 11 is 1.53. The van der Waals surface area contributed by atoms with Gasteiger partial charge in [-0.25, -0.2) is 8.42 Å². The Morgan fingerprint density at radius 2 is 2.00 bits per heavy atom. The van der Waals surface area contributed by atoms with E-state index in [0.29, 0.717) is 10.9 Å². The Morgan fingerprint density at radius 1 is 1.16 bits per heavy atom. The number of nitrogens with one attached hydrogen (secondary N) is 2. The summed E-state index contributed by atoms with van der Waals surface area (Å²) in [6.45, 7) is -0.205. The fourth-order valence-corrected chi connectivity index (χ4v) is 5.53. The molecule has 1 amide bonds. The molecule has 2 aromatic heterocycles. The van der Waals surface area contributed by atoms with E-state index in [4.69, 9.17) is 5.26 Å². The van der Waals surface area contributed by atoms with Crippen molar-refractivity contribution in [1.82, 2.24) is 15.0 Å². The molecule has 0 aliphatic rings. The number of rotatable bonds is 7. The van der Waals surface area contributed by atoms with Crippen LogP contribution in [0.3, 0.4) is 0 Å². The summed E-state index contributed by atoms with van der Waals surface area (Å²) < 4.78 is 29.7. The van der Waals surface area contributed by atoms with Gasteiger partial charge >= 0.3 is 0 Å². The second-order valence-corrected chi connectivity index (χ2v) is 9.49. The molecule has 9 heteroatoms. The number of aromatic nitrogens is 1. The Kier molecular flexibility index (Phi) is 5.95. The predicted octanol–water partition coefficient (Wildman–Crippen LogP) is 2.98. The molecule has 2 heterocycles. The number of carbonyl (C=O) groups is 1. The smallest absolute Gasteiger partial charge is 0.241 e. The highest BCUT2D eigenvalue weighted by atomic mass is 32.2. The fourth-order valence-electron chi connectivity index (χ4n) is 3.32. The molecule has 0 aliphatic carbocycles. The van der Waals surface area contributed by atoms with Crippen LogP contribution in [0.2, 0.25) is 0 Å². The van der Waals surface area contributed by atoms with E-state index in [0.717, 1.165) is 15.6 Å². The minimum Gasteiger partial charge on any atom is -0.342 e. The number of thiophene rings is 1. The van der Waals surface area contributed by atoms with Crippen molar-refractivity contribution < 1.29 is 13.2 Å². The van der Waals surface area contributed by atoms with E-state index in [9.17, 15) is 13.2 Å². The van der Waals surface area contributed by atoms with Crippen molar-refractivity contribution >= 4 is 48.3 Å². The Balaban J connectivity index is 1.65. The summed E-state index contributed by atoms with van der Waals surface area (Å²) in [7, 11) is -4.00. The van der Waals surface area contributed by atoms with Gasteiger partial charge in [-0.1, -0.05) is 24.3 Å². The zero-order valence-electron chi connectivity index (χ0n) is 16.3. The number of hydrogen-bond acceptors (Lipinski definition) is 6. The van der Waals surface area contributed by atoms with Gasteiger partial charge in [0.1, 0.15) is 12.6 Å². The number of pyridine rings is 1. The molecule has 2 N–H and O–H groups in total. The second-order valence-electron chi connectivity index (χ2n) is 6.87. The van der Waals surface area contributed by atoms with Gasteiger partial charge in [-0.15, -0.1) is 11.3 Å². The zero-order chi connectivity index (χ0) is 21.8. The largest absolute Gasteiger partial charge is 0.342 e. The van der Waals surface area contributed by atoms with E-state index >= 15 is 0 Å². The molecule has 7 nitrogen and oxygen atoms in total. The molecule has 0 saturated heterocycles. The minimum absolute atomic E-state index is 0.0428.